The summed E-state index contributed by atoms with van der Waals surface area (Å²) in [5.74, 6) is -3.13. The summed E-state index contributed by atoms with van der Waals surface area (Å²) in [5.41, 5.74) is 5.22. The maximum Gasteiger partial charge on any atom is 0.305 e. The molecule has 0 spiro atoms. The Bertz CT molecular complexity index is 467. The summed E-state index contributed by atoms with van der Waals surface area (Å²) in [7, 11) is 0. The summed E-state index contributed by atoms with van der Waals surface area (Å²) in [6.07, 6.45) is 1.18. The van der Waals surface area contributed by atoms with Crippen molar-refractivity contribution >= 4 is 0 Å². The average Bonchev–Trinajstić information content (AvgIpc) is 2.80. The summed E-state index contributed by atoms with van der Waals surface area (Å²) < 4.78 is 27.6. The highest BCUT2D eigenvalue weighted by atomic mass is 19.3. The van der Waals surface area contributed by atoms with Gasteiger partial charge in [-0.15, -0.1) is 5.10 Å². The van der Waals surface area contributed by atoms with E-state index in [-0.39, 0.29) is 0 Å². The lowest BCUT2D eigenvalue weighted by molar-refractivity contribution is 0.00128. The predicted octanol–water partition coefficient (Wildman–Crippen LogP) is 1.32. The molecule has 84 valence electrons. The number of nitrogens with two attached hydrogens (primary N) is 1. The van der Waals surface area contributed by atoms with E-state index >= 15 is 0 Å². The van der Waals surface area contributed by atoms with Crippen LogP contribution in [0, 0.1) is 0 Å². The molecule has 0 aliphatic rings. The van der Waals surface area contributed by atoms with Crippen LogP contribution in [0.1, 0.15) is 5.69 Å². The summed E-state index contributed by atoms with van der Waals surface area (Å²) in [6.45, 7) is -0.777. The smallest absolute Gasteiger partial charge is 0.305 e. The van der Waals surface area contributed by atoms with Gasteiger partial charge in [0, 0.05) is 0 Å². The molecule has 0 amide bonds. The first-order valence-electron chi connectivity index (χ1n) is 4.69. The Kier molecular flexibility index (Phi) is 2.66. The van der Waals surface area contributed by atoms with Crippen LogP contribution in [-0.4, -0.2) is 21.5 Å². The van der Waals surface area contributed by atoms with Gasteiger partial charge < -0.3 is 5.73 Å². The maximum atomic E-state index is 13.2. The second-order valence-electron chi connectivity index (χ2n) is 3.29. The summed E-state index contributed by atoms with van der Waals surface area (Å²) in [4.78, 5) is 0. The largest absolute Gasteiger partial charge is 0.325 e. The monoisotopic (exact) mass is 224 g/mol. The number of nitrogens with zero attached hydrogens (tertiary/aromatic N) is 3. The number of hydrogen-bond donors (Lipinski definition) is 1. The Balaban J connectivity index is 2.34. The van der Waals surface area contributed by atoms with Gasteiger partial charge in [-0.1, -0.05) is 23.4 Å². The first-order valence-corrected chi connectivity index (χ1v) is 4.69. The zero-order valence-corrected chi connectivity index (χ0v) is 8.35. The van der Waals surface area contributed by atoms with Crippen LogP contribution < -0.4 is 5.73 Å². The van der Waals surface area contributed by atoms with E-state index < -0.39 is 18.2 Å². The molecular weight excluding hydrogens is 214 g/mol. The van der Waals surface area contributed by atoms with Gasteiger partial charge in [0.2, 0.25) is 0 Å². The molecule has 0 fully saturated rings. The van der Waals surface area contributed by atoms with Gasteiger partial charge in [0.25, 0.3) is 0 Å². The minimum absolute atomic E-state index is 0.418. The highest BCUT2D eigenvalue weighted by Gasteiger charge is 2.33. The Labute approximate surface area is 90.7 Å². The van der Waals surface area contributed by atoms with Gasteiger partial charge in [0.1, 0.15) is 0 Å². The van der Waals surface area contributed by atoms with Crippen molar-refractivity contribution in [2.75, 3.05) is 6.54 Å². The molecule has 2 N–H and O–H groups in total. The molecule has 1 aromatic carbocycles. The summed E-state index contributed by atoms with van der Waals surface area (Å²) >= 11 is 0. The number of para-hydroxylation sites is 1. The third-order valence-electron chi connectivity index (χ3n) is 2.15. The fraction of sp³-hybridized carbons (Fsp3) is 0.200. The van der Waals surface area contributed by atoms with Crippen molar-refractivity contribution < 1.29 is 8.78 Å². The third-order valence-corrected chi connectivity index (χ3v) is 2.15. The van der Waals surface area contributed by atoms with Crippen molar-refractivity contribution in [2.24, 2.45) is 5.73 Å². The topological polar surface area (TPSA) is 56.7 Å². The average molecular weight is 224 g/mol. The molecule has 16 heavy (non-hydrogen) atoms. The second kappa shape index (κ2) is 3.97. The zero-order valence-electron chi connectivity index (χ0n) is 8.35. The molecule has 0 unspecified atom stereocenters. The number of rotatable bonds is 3. The first-order chi connectivity index (χ1) is 7.63. The van der Waals surface area contributed by atoms with Gasteiger partial charge in [0.05, 0.1) is 18.4 Å². The highest BCUT2D eigenvalue weighted by Crippen LogP contribution is 2.24. The van der Waals surface area contributed by atoms with E-state index in [1.165, 1.54) is 10.9 Å². The minimum Gasteiger partial charge on any atom is -0.325 e. The van der Waals surface area contributed by atoms with Crippen molar-refractivity contribution in [1.82, 2.24) is 15.0 Å². The maximum absolute atomic E-state index is 13.2. The van der Waals surface area contributed by atoms with E-state index in [9.17, 15) is 8.78 Å². The Morgan fingerprint density at radius 3 is 2.56 bits per heavy atom. The van der Waals surface area contributed by atoms with Gasteiger partial charge in [-0.25, -0.2) is 4.68 Å². The van der Waals surface area contributed by atoms with E-state index in [0.717, 1.165) is 0 Å². The predicted molar refractivity (Wildman–Crippen MR) is 54.3 cm³/mol. The van der Waals surface area contributed by atoms with Gasteiger partial charge in [-0.3, -0.25) is 0 Å². The Morgan fingerprint density at radius 2 is 1.94 bits per heavy atom. The molecule has 0 aliphatic carbocycles. The number of halogens is 2. The molecule has 1 aromatic heterocycles. The molecule has 0 saturated carbocycles. The first kappa shape index (κ1) is 10.7. The molecule has 2 aromatic rings. The van der Waals surface area contributed by atoms with Crippen LogP contribution >= 0.6 is 0 Å². The zero-order chi connectivity index (χ0) is 11.6. The molecule has 4 nitrogen and oxygen atoms in total. The molecule has 0 saturated heterocycles. The molecule has 0 atom stereocenters. The molecule has 6 heteroatoms. The highest BCUT2D eigenvalue weighted by molar-refractivity contribution is 5.30. The standard InChI is InChI=1S/C10H10F2N4/c11-10(12,7-13)9-6-16(15-14-9)8-4-2-1-3-5-8/h1-6H,7,13H2. The van der Waals surface area contributed by atoms with Crippen LogP contribution in [0.4, 0.5) is 8.78 Å². The molecule has 2 rings (SSSR count). The fourth-order valence-corrected chi connectivity index (χ4v) is 1.24. The normalized spacial score (nSPS) is 11.7. The minimum atomic E-state index is -3.13. The summed E-state index contributed by atoms with van der Waals surface area (Å²) in [5, 5.41) is 7.05. The van der Waals surface area contributed by atoms with E-state index in [1.54, 1.807) is 24.3 Å². The van der Waals surface area contributed by atoms with Crippen LogP contribution in [0.25, 0.3) is 5.69 Å². The van der Waals surface area contributed by atoms with Gasteiger partial charge in [-0.05, 0) is 12.1 Å². The lowest BCUT2D eigenvalue weighted by Crippen LogP contribution is -2.25. The molecule has 0 aliphatic heterocycles. The van der Waals surface area contributed by atoms with Crippen molar-refractivity contribution in [3.63, 3.8) is 0 Å². The summed E-state index contributed by atoms with van der Waals surface area (Å²) in [6, 6.07) is 8.91. The van der Waals surface area contributed by atoms with E-state index in [0.29, 0.717) is 5.69 Å². The molecule has 1 heterocycles. The van der Waals surface area contributed by atoms with Gasteiger partial charge in [-0.2, -0.15) is 8.78 Å². The number of alkyl halides is 2. The van der Waals surface area contributed by atoms with Crippen molar-refractivity contribution in [2.45, 2.75) is 5.92 Å². The van der Waals surface area contributed by atoms with Crippen LogP contribution in [0.3, 0.4) is 0 Å². The lowest BCUT2D eigenvalue weighted by Gasteiger charge is -2.08. The van der Waals surface area contributed by atoms with Gasteiger partial charge in [0.15, 0.2) is 5.69 Å². The quantitative estimate of drug-likeness (QED) is 0.855. The van der Waals surface area contributed by atoms with Crippen molar-refractivity contribution in [3.05, 3.63) is 42.2 Å². The van der Waals surface area contributed by atoms with Crippen molar-refractivity contribution in [1.29, 1.82) is 0 Å². The number of hydrogen-bond acceptors (Lipinski definition) is 3. The third kappa shape index (κ3) is 1.92. The lowest BCUT2D eigenvalue weighted by atomic mass is 10.2. The van der Waals surface area contributed by atoms with E-state index in [1.807, 2.05) is 6.07 Å². The van der Waals surface area contributed by atoms with Crippen LogP contribution in [0.15, 0.2) is 36.5 Å². The van der Waals surface area contributed by atoms with Crippen molar-refractivity contribution in [3.8, 4) is 5.69 Å². The fourth-order valence-electron chi connectivity index (χ4n) is 1.24. The van der Waals surface area contributed by atoms with E-state index in [2.05, 4.69) is 10.3 Å². The van der Waals surface area contributed by atoms with E-state index in [4.69, 9.17) is 5.73 Å². The molecular formula is C10H10F2N4. The van der Waals surface area contributed by atoms with Crippen LogP contribution in [0.2, 0.25) is 0 Å². The van der Waals surface area contributed by atoms with Crippen LogP contribution in [-0.2, 0) is 5.92 Å². The Morgan fingerprint density at radius 1 is 1.25 bits per heavy atom. The molecule has 0 bridgehead atoms. The number of aromatic nitrogens is 3. The van der Waals surface area contributed by atoms with Gasteiger partial charge >= 0.3 is 5.92 Å². The SMILES string of the molecule is NCC(F)(F)c1cn(-c2ccccc2)nn1. The second-order valence-corrected chi connectivity index (χ2v) is 3.29. The molecule has 0 radical (unpaired) electrons. The Hall–Kier alpha value is -1.82. The van der Waals surface area contributed by atoms with Crippen LogP contribution in [0.5, 0.6) is 0 Å². The number of benzene rings is 1.